The highest BCUT2D eigenvalue weighted by molar-refractivity contribution is 6.35. The molecule has 0 aliphatic heterocycles. The second kappa shape index (κ2) is 7.39. The zero-order chi connectivity index (χ0) is 22.9. The van der Waals surface area contributed by atoms with Gasteiger partial charge >= 0.3 is 0 Å². The minimum Gasteiger partial charge on any atom is -0.507 e. The van der Waals surface area contributed by atoms with Gasteiger partial charge in [0.25, 0.3) is 0 Å². The maximum absolute atomic E-state index is 13.0. The van der Waals surface area contributed by atoms with Crippen LogP contribution in [0.3, 0.4) is 0 Å². The highest BCUT2D eigenvalue weighted by Crippen LogP contribution is 2.51. The Balaban J connectivity index is 2.31. The molecule has 160 valence electrons. The van der Waals surface area contributed by atoms with Gasteiger partial charge in [-0.25, -0.2) is 0 Å². The van der Waals surface area contributed by atoms with Gasteiger partial charge in [0.15, 0.2) is 5.78 Å². The van der Waals surface area contributed by atoms with E-state index in [1.165, 1.54) is 0 Å². The van der Waals surface area contributed by atoms with Gasteiger partial charge < -0.3 is 5.11 Å². The molecule has 0 radical (unpaired) electrons. The first kappa shape index (κ1) is 21.9. The van der Waals surface area contributed by atoms with Gasteiger partial charge in [-0.15, -0.1) is 0 Å². The first-order chi connectivity index (χ1) is 14.5. The van der Waals surface area contributed by atoms with Crippen molar-refractivity contribution < 1.29 is 9.90 Å². The number of phenolic OH excluding ortho intramolecular Hbond substituents is 1. The van der Waals surface area contributed by atoms with E-state index in [-0.39, 0.29) is 5.78 Å². The van der Waals surface area contributed by atoms with Crippen LogP contribution in [0.2, 0.25) is 10.0 Å². The number of rotatable bonds is 1. The molecule has 0 aromatic heterocycles. The van der Waals surface area contributed by atoms with Gasteiger partial charge in [0.05, 0.1) is 0 Å². The second-order valence-electron chi connectivity index (χ2n) is 8.72. The van der Waals surface area contributed by atoms with E-state index in [9.17, 15) is 9.90 Å². The van der Waals surface area contributed by atoms with Gasteiger partial charge in [-0.05, 0) is 123 Å². The first-order valence-electron chi connectivity index (χ1n) is 10.4. The van der Waals surface area contributed by atoms with Crippen LogP contribution in [-0.2, 0) is 11.2 Å². The molecule has 2 nitrogen and oxygen atoms in total. The molecule has 0 atom stereocenters. The van der Waals surface area contributed by atoms with Crippen molar-refractivity contribution in [1.82, 2.24) is 0 Å². The molecule has 2 aliphatic rings. The maximum Gasteiger partial charge on any atom is 0.185 e. The van der Waals surface area contributed by atoms with Gasteiger partial charge in [0.2, 0.25) is 0 Å². The van der Waals surface area contributed by atoms with Crippen LogP contribution in [0.15, 0.2) is 40.0 Å². The number of allylic oxidation sites excluding steroid dienone is 5. The van der Waals surface area contributed by atoms with Crippen LogP contribution in [0, 0.1) is 27.7 Å². The summed E-state index contributed by atoms with van der Waals surface area (Å²) in [6.07, 6.45) is 0.605. The average molecular weight is 453 g/mol. The maximum atomic E-state index is 13.0. The zero-order valence-corrected chi connectivity index (χ0v) is 20.5. The van der Waals surface area contributed by atoms with Crippen molar-refractivity contribution >= 4 is 34.6 Å². The highest BCUT2D eigenvalue weighted by Gasteiger charge is 2.36. The molecule has 31 heavy (non-hydrogen) atoms. The fourth-order valence-corrected chi connectivity index (χ4v) is 5.48. The third-order valence-electron chi connectivity index (χ3n) is 7.23. The Labute approximate surface area is 193 Å². The summed E-state index contributed by atoms with van der Waals surface area (Å²) >= 11 is 13.4. The molecule has 0 unspecified atom stereocenters. The monoisotopic (exact) mass is 452 g/mol. The van der Waals surface area contributed by atoms with Crippen LogP contribution in [0.25, 0.3) is 5.57 Å². The normalized spacial score (nSPS) is 16.2. The summed E-state index contributed by atoms with van der Waals surface area (Å²) < 4.78 is 0. The van der Waals surface area contributed by atoms with Gasteiger partial charge in [0, 0.05) is 26.8 Å². The Kier molecular flexibility index (Phi) is 5.23. The summed E-state index contributed by atoms with van der Waals surface area (Å²) in [5.74, 6) is 0.399. The minimum absolute atomic E-state index is 0.0821. The zero-order valence-electron chi connectivity index (χ0n) is 19.0. The minimum atomic E-state index is 0.0821. The van der Waals surface area contributed by atoms with E-state index in [1.807, 2.05) is 60.6 Å². The van der Waals surface area contributed by atoms with Gasteiger partial charge in [-0.1, -0.05) is 23.2 Å². The predicted molar refractivity (Wildman–Crippen MR) is 129 cm³/mol. The molecule has 0 heterocycles. The van der Waals surface area contributed by atoms with E-state index in [2.05, 4.69) is 0 Å². The average Bonchev–Trinajstić information content (AvgIpc) is 2.75. The molecular weight excluding hydrogens is 427 g/mol. The smallest absolute Gasteiger partial charge is 0.185 e. The molecule has 0 spiro atoms. The van der Waals surface area contributed by atoms with E-state index in [0.29, 0.717) is 22.2 Å². The van der Waals surface area contributed by atoms with Crippen molar-refractivity contribution in [2.75, 3.05) is 0 Å². The third-order valence-corrected chi connectivity index (χ3v) is 7.95. The van der Waals surface area contributed by atoms with Gasteiger partial charge in [-0.2, -0.15) is 0 Å². The van der Waals surface area contributed by atoms with Crippen molar-refractivity contribution in [3.8, 4) is 5.75 Å². The number of ketones is 1. The SMILES string of the molecule is CC1=C(C)C2=C(c3c(Cl)ccc(Cl)c3C)c3c(C)c(C)c(O)c(C)c3CC2=C(C)C1=O. The summed E-state index contributed by atoms with van der Waals surface area (Å²) in [4.78, 5) is 13.0. The number of halogens is 2. The fraction of sp³-hybridized carbons (Fsp3) is 0.296. The van der Waals surface area contributed by atoms with Crippen molar-refractivity contribution in [3.05, 3.63) is 89.0 Å². The van der Waals surface area contributed by atoms with E-state index in [4.69, 9.17) is 23.2 Å². The van der Waals surface area contributed by atoms with Crippen molar-refractivity contribution in [1.29, 1.82) is 0 Å². The Hall–Kier alpha value is -2.29. The summed E-state index contributed by atoms with van der Waals surface area (Å²) in [6.45, 7) is 13.7. The van der Waals surface area contributed by atoms with Crippen molar-refractivity contribution in [2.45, 2.75) is 54.9 Å². The van der Waals surface area contributed by atoms with Crippen molar-refractivity contribution in [3.63, 3.8) is 0 Å². The quantitative estimate of drug-likeness (QED) is 0.485. The Morgan fingerprint density at radius 2 is 1.32 bits per heavy atom. The lowest BCUT2D eigenvalue weighted by Crippen LogP contribution is -2.22. The predicted octanol–water partition coefficient (Wildman–Crippen LogP) is 7.53. The number of aromatic hydroxyl groups is 1. The lowest BCUT2D eigenvalue weighted by atomic mass is 9.68. The van der Waals surface area contributed by atoms with Gasteiger partial charge in [-0.3, -0.25) is 4.79 Å². The molecule has 1 N–H and O–H groups in total. The van der Waals surface area contributed by atoms with Crippen LogP contribution in [-0.4, -0.2) is 10.9 Å². The van der Waals surface area contributed by atoms with Crippen LogP contribution < -0.4 is 0 Å². The number of hydrogen-bond donors (Lipinski definition) is 1. The van der Waals surface area contributed by atoms with E-state index >= 15 is 0 Å². The molecule has 2 aliphatic carbocycles. The number of Topliss-reactive ketones (excluding diaryl/α,β-unsaturated/α-hetero) is 1. The first-order valence-corrected chi connectivity index (χ1v) is 11.2. The fourth-order valence-electron chi connectivity index (χ4n) is 5.02. The van der Waals surface area contributed by atoms with Crippen molar-refractivity contribution in [2.24, 2.45) is 0 Å². The number of hydrogen-bond acceptors (Lipinski definition) is 2. The molecule has 0 amide bonds. The van der Waals surface area contributed by atoms with Gasteiger partial charge in [0.1, 0.15) is 5.75 Å². The largest absolute Gasteiger partial charge is 0.507 e. The third kappa shape index (κ3) is 2.96. The standard InChI is InChI=1S/C27H26Cl2O2/c1-11-13(3)26(30)15(5)18-10-19-16(6)27(31)14(4)12(2)23(19)25(22(11)18)24-17(7)20(28)8-9-21(24)29/h8-9,30H,10H2,1-7H3. The lowest BCUT2D eigenvalue weighted by molar-refractivity contribution is -0.112. The molecule has 0 fully saturated rings. The number of fused-ring (bicyclic) bond motifs is 2. The summed E-state index contributed by atoms with van der Waals surface area (Å²) in [5.41, 5.74) is 12.3. The summed E-state index contributed by atoms with van der Waals surface area (Å²) in [6, 6.07) is 3.65. The summed E-state index contributed by atoms with van der Waals surface area (Å²) in [5, 5.41) is 12.1. The Morgan fingerprint density at radius 3 is 1.97 bits per heavy atom. The molecule has 0 saturated carbocycles. The topological polar surface area (TPSA) is 37.3 Å². The van der Waals surface area contributed by atoms with Crippen LogP contribution in [0.4, 0.5) is 0 Å². The Bertz CT molecular complexity index is 1300. The molecule has 4 heteroatoms. The van der Waals surface area contributed by atoms with Crippen LogP contribution >= 0.6 is 23.2 Å². The van der Waals surface area contributed by atoms with Crippen LogP contribution in [0.1, 0.15) is 59.7 Å². The summed E-state index contributed by atoms with van der Waals surface area (Å²) in [7, 11) is 0. The second-order valence-corrected chi connectivity index (χ2v) is 9.53. The number of carbonyl (C=O) groups is 1. The Morgan fingerprint density at radius 1 is 0.710 bits per heavy atom. The van der Waals surface area contributed by atoms with E-state index < -0.39 is 0 Å². The molecular formula is C27H26Cl2O2. The molecule has 2 aromatic carbocycles. The lowest BCUT2D eigenvalue weighted by Gasteiger charge is -2.35. The van der Waals surface area contributed by atoms with E-state index in [1.54, 1.807) is 0 Å². The highest BCUT2D eigenvalue weighted by atomic mass is 35.5. The van der Waals surface area contributed by atoms with Crippen LogP contribution in [0.5, 0.6) is 5.75 Å². The molecule has 4 rings (SSSR count). The molecule has 0 bridgehead atoms. The number of benzene rings is 2. The molecule has 0 saturated heterocycles. The molecule has 2 aromatic rings. The van der Waals surface area contributed by atoms with E-state index in [0.717, 1.165) is 72.4 Å². The number of phenols is 1. The number of carbonyl (C=O) groups excluding carboxylic acids is 1.